The van der Waals surface area contributed by atoms with E-state index in [0.29, 0.717) is 9.92 Å². The predicted molar refractivity (Wildman–Crippen MR) is 142 cm³/mol. The van der Waals surface area contributed by atoms with E-state index in [0.717, 1.165) is 58.8 Å². The molecule has 2 heterocycles. The van der Waals surface area contributed by atoms with Crippen molar-refractivity contribution in [2.45, 2.75) is 61.1 Å². The zero-order valence-corrected chi connectivity index (χ0v) is 21.4. The zero-order valence-electron chi connectivity index (χ0n) is 19.7. The van der Waals surface area contributed by atoms with Crippen molar-refractivity contribution in [3.8, 4) is 21.7 Å². The molecule has 4 aromatic rings. The van der Waals surface area contributed by atoms with E-state index in [9.17, 15) is 0 Å². The van der Waals surface area contributed by atoms with Gasteiger partial charge in [0.2, 0.25) is 0 Å². The van der Waals surface area contributed by atoms with Gasteiger partial charge >= 0.3 is 0 Å². The first kappa shape index (κ1) is 23.1. The van der Waals surface area contributed by atoms with Crippen molar-refractivity contribution in [1.29, 1.82) is 0 Å². The number of nitrogens with zero attached hydrogens (tertiary/aromatic N) is 2. The topological polar surface area (TPSA) is 68.9 Å². The van der Waals surface area contributed by atoms with Gasteiger partial charge in [0.05, 0.1) is 15.6 Å². The number of rotatable bonds is 6. The first-order valence-electron chi connectivity index (χ1n) is 11.9. The summed E-state index contributed by atoms with van der Waals surface area (Å²) in [5, 5.41) is 8.58. The fraction of sp³-hybridized carbons (Fsp3) is 0.286. The molecule has 1 saturated carbocycles. The number of benzene rings is 2. The number of hydrogen-bond acceptors (Lipinski definition) is 4. The van der Waals surface area contributed by atoms with Crippen molar-refractivity contribution in [2.24, 2.45) is 5.14 Å². The lowest BCUT2D eigenvalue weighted by molar-refractivity contribution is 0.630. The van der Waals surface area contributed by atoms with Gasteiger partial charge in [-0.05, 0) is 62.1 Å². The molecule has 0 bridgehead atoms. The quantitative estimate of drug-likeness (QED) is 0.324. The summed E-state index contributed by atoms with van der Waals surface area (Å²) in [6, 6.07) is 22.0. The highest BCUT2D eigenvalue weighted by atomic mass is 32.3. The van der Waals surface area contributed by atoms with E-state index in [1.807, 2.05) is 42.5 Å². The molecular weight excluding hydrogens is 458 g/mol. The lowest BCUT2D eigenvalue weighted by atomic mass is 10.1. The van der Waals surface area contributed by atoms with Crippen LogP contribution in [0.5, 0.6) is 0 Å². The van der Waals surface area contributed by atoms with Gasteiger partial charge in [-0.3, -0.25) is 9.35 Å². The second kappa shape index (κ2) is 8.84. The highest BCUT2D eigenvalue weighted by molar-refractivity contribution is 8.18. The van der Waals surface area contributed by atoms with Crippen molar-refractivity contribution in [1.82, 2.24) is 9.97 Å². The third kappa shape index (κ3) is 3.84. The molecule has 0 unspecified atom stereocenters. The third-order valence-corrected chi connectivity index (χ3v) is 12.3. The first-order valence-corrected chi connectivity index (χ1v) is 14.9. The monoisotopic (exact) mass is 489 g/mol. The molecule has 2 aromatic heterocycles. The van der Waals surface area contributed by atoms with Crippen LogP contribution in [0.15, 0.2) is 82.8 Å². The van der Waals surface area contributed by atoms with Crippen molar-refractivity contribution < 1.29 is 4.21 Å². The number of aryl methyl sites for hydroxylation is 2. The number of hydrogen-bond donors (Lipinski definition) is 1. The van der Waals surface area contributed by atoms with Gasteiger partial charge in [-0.1, -0.05) is 61.7 Å². The fourth-order valence-corrected chi connectivity index (χ4v) is 9.65. The molecule has 176 valence electrons. The van der Waals surface area contributed by atoms with Crippen LogP contribution < -0.4 is 5.14 Å². The molecule has 0 amide bonds. The van der Waals surface area contributed by atoms with Crippen LogP contribution in [0.1, 0.15) is 43.2 Å². The van der Waals surface area contributed by atoms with E-state index < -0.39 is 9.25 Å². The molecule has 0 spiro atoms. The second-order valence-electron chi connectivity index (χ2n) is 9.18. The summed E-state index contributed by atoms with van der Waals surface area (Å²) in [7, 11) is -3.90. The first-order chi connectivity index (χ1) is 16.4. The largest absolute Gasteiger partial charge is 0.263 e. The normalized spacial score (nSPS) is 15.8. The summed E-state index contributed by atoms with van der Waals surface area (Å²) in [6.07, 6.45) is 6.44. The Morgan fingerprint density at radius 1 is 1.00 bits per heavy atom. The van der Waals surface area contributed by atoms with Crippen LogP contribution in [0.2, 0.25) is 0 Å². The predicted octanol–water partition coefficient (Wildman–Crippen LogP) is 6.80. The molecular formula is C28H31N3OS2. The van der Waals surface area contributed by atoms with Crippen LogP contribution >= 0.6 is 11.3 Å². The van der Waals surface area contributed by atoms with Crippen LogP contribution in [0, 0.1) is 6.92 Å². The zero-order chi connectivity index (χ0) is 23.8. The molecule has 0 radical (unpaired) electrons. The Kier molecular flexibility index (Phi) is 6.00. The van der Waals surface area contributed by atoms with Crippen LogP contribution in [0.4, 0.5) is 0 Å². The molecule has 5 rings (SSSR count). The van der Waals surface area contributed by atoms with Crippen LogP contribution in [0.25, 0.3) is 21.7 Å². The van der Waals surface area contributed by atoms with Gasteiger partial charge in [0.25, 0.3) is 0 Å². The van der Waals surface area contributed by atoms with Gasteiger partial charge in [0.1, 0.15) is 5.03 Å². The maximum Gasteiger partial charge on any atom is 0.122 e. The highest BCUT2D eigenvalue weighted by Crippen LogP contribution is 2.48. The number of pyridine rings is 1. The van der Waals surface area contributed by atoms with Gasteiger partial charge < -0.3 is 0 Å². The van der Waals surface area contributed by atoms with Gasteiger partial charge in [0.15, 0.2) is 0 Å². The Labute approximate surface area is 205 Å². The Bertz CT molecular complexity index is 1390. The average molecular weight is 490 g/mol. The molecule has 2 N–H and O–H groups in total. The average Bonchev–Trinajstić information content (AvgIpc) is 3.56. The number of aromatic nitrogens is 2. The van der Waals surface area contributed by atoms with E-state index in [1.54, 1.807) is 17.5 Å². The SMILES string of the molecule is CCc1nc(-c2cccc(C)c2)c(-c2ccnc(S(N)(=O)(c3ccccc3)C3CCCC3)c2)s1. The molecule has 6 heteroatoms. The Morgan fingerprint density at radius 2 is 1.76 bits per heavy atom. The summed E-state index contributed by atoms with van der Waals surface area (Å²) in [5.74, 6) is 0. The number of nitrogens with two attached hydrogens (primary N) is 1. The van der Waals surface area contributed by atoms with E-state index in [-0.39, 0.29) is 5.25 Å². The Hall–Kier alpha value is -2.67. The second-order valence-corrected chi connectivity index (χ2v) is 14.0. The molecule has 0 aliphatic heterocycles. The molecule has 2 aromatic carbocycles. The van der Waals surface area contributed by atoms with Crippen LogP contribution in [0.3, 0.4) is 0 Å². The molecule has 0 atom stereocenters. The minimum Gasteiger partial charge on any atom is -0.263 e. The van der Waals surface area contributed by atoms with Gasteiger partial charge in [-0.25, -0.2) is 9.97 Å². The van der Waals surface area contributed by atoms with Crippen molar-refractivity contribution in [2.75, 3.05) is 0 Å². The standard InChI is InChI=1S/C28H31N3OS2/c1-3-25-31-27(21-11-9-10-20(2)18-21)28(33-25)22-16-17-30-26(19-22)34(29,32,24-14-7-8-15-24)23-12-5-4-6-13-23/h4-6,9-13,16-19,24H,3,7-8,14-15H2,1-2H3,(H2,29,32). The van der Waals surface area contributed by atoms with Gasteiger partial charge in [-0.15, -0.1) is 11.3 Å². The van der Waals surface area contributed by atoms with E-state index in [2.05, 4.69) is 43.1 Å². The Balaban J connectivity index is 1.70. The lowest BCUT2D eigenvalue weighted by Crippen LogP contribution is -2.52. The molecule has 4 nitrogen and oxygen atoms in total. The van der Waals surface area contributed by atoms with E-state index >= 15 is 4.21 Å². The summed E-state index contributed by atoms with van der Waals surface area (Å²) < 4.78 is 15.1. The minimum absolute atomic E-state index is 0.106. The maximum atomic E-state index is 15.1. The fourth-order valence-electron chi connectivity index (χ4n) is 5.02. The summed E-state index contributed by atoms with van der Waals surface area (Å²) >= 11 is 1.69. The molecule has 0 saturated heterocycles. The van der Waals surface area contributed by atoms with E-state index in [4.69, 9.17) is 10.1 Å². The van der Waals surface area contributed by atoms with E-state index in [1.165, 1.54) is 5.56 Å². The van der Waals surface area contributed by atoms with Gasteiger partial charge in [-0.2, -0.15) is 0 Å². The van der Waals surface area contributed by atoms with Crippen LogP contribution in [-0.4, -0.2) is 19.4 Å². The molecule has 1 aliphatic rings. The van der Waals surface area contributed by atoms with Crippen molar-refractivity contribution >= 4 is 20.6 Å². The minimum atomic E-state index is -3.90. The molecule has 1 aliphatic carbocycles. The summed E-state index contributed by atoms with van der Waals surface area (Å²) in [4.78, 5) is 11.4. The lowest BCUT2D eigenvalue weighted by Gasteiger charge is -2.43. The third-order valence-electron chi connectivity index (χ3n) is 6.89. The Morgan fingerprint density at radius 3 is 2.47 bits per heavy atom. The highest BCUT2D eigenvalue weighted by Gasteiger charge is 2.47. The van der Waals surface area contributed by atoms with Gasteiger partial charge in [0, 0.05) is 31.2 Å². The number of thiazole rings is 1. The smallest absolute Gasteiger partial charge is 0.122 e. The molecule has 1 fully saturated rings. The summed E-state index contributed by atoms with van der Waals surface area (Å²) in [6.45, 7) is 4.22. The summed E-state index contributed by atoms with van der Waals surface area (Å²) in [5.41, 5.74) is 4.22. The van der Waals surface area contributed by atoms with Crippen molar-refractivity contribution in [3.05, 3.63) is 83.5 Å². The maximum absolute atomic E-state index is 15.1. The molecule has 34 heavy (non-hydrogen) atoms. The van der Waals surface area contributed by atoms with Crippen molar-refractivity contribution in [3.63, 3.8) is 0 Å². The van der Waals surface area contributed by atoms with Crippen LogP contribution in [-0.2, 0) is 15.7 Å².